The number of hydrogen-bond acceptors (Lipinski definition) is 3. The van der Waals surface area contributed by atoms with Gasteiger partial charge in [-0.2, -0.15) is 104 Å². The van der Waals surface area contributed by atoms with E-state index in [0.29, 0.717) is 0 Å². The first-order valence-electron chi connectivity index (χ1n) is 10.1. The Morgan fingerprint density at radius 3 is 1.33 bits per heavy atom. The van der Waals surface area contributed by atoms with E-state index in [2.05, 4.69) is 4.65 Å². The van der Waals surface area contributed by atoms with Gasteiger partial charge in [0.25, 0.3) is 0 Å². The van der Waals surface area contributed by atoms with Crippen LogP contribution in [0.5, 0.6) is 0 Å². The number of thiophene rings is 1. The van der Waals surface area contributed by atoms with Gasteiger partial charge in [0, 0.05) is 11.2 Å². The van der Waals surface area contributed by atoms with Crippen LogP contribution in [0.25, 0.3) is 0 Å². The highest BCUT2D eigenvalue weighted by Crippen LogP contribution is 2.66. The quantitative estimate of drug-likeness (QED) is 0.177. The second kappa shape index (κ2) is 10.1. The zero-order valence-electron chi connectivity index (χ0n) is 19.0. The van der Waals surface area contributed by atoms with Crippen molar-refractivity contribution >= 4 is 23.2 Å². The molecular formula is C17H8BF21O2S. The van der Waals surface area contributed by atoms with Gasteiger partial charge in [-0.3, -0.25) is 0 Å². The summed E-state index contributed by atoms with van der Waals surface area (Å²) in [6, 6.07) is 2.48. The molecule has 1 saturated heterocycles. The van der Waals surface area contributed by atoms with E-state index >= 15 is 0 Å². The predicted octanol–water partition coefficient (Wildman–Crippen LogP) is 7.53. The average molecular weight is 686 g/mol. The summed E-state index contributed by atoms with van der Waals surface area (Å²) in [5.74, 6) is -77.1. The first-order chi connectivity index (χ1) is 18.3. The van der Waals surface area contributed by atoms with Gasteiger partial charge in [-0.25, -0.2) is 0 Å². The molecule has 42 heavy (non-hydrogen) atoms. The van der Waals surface area contributed by atoms with Crippen molar-refractivity contribution in [3.63, 3.8) is 0 Å². The molecule has 244 valence electrons. The van der Waals surface area contributed by atoms with E-state index in [0.717, 1.165) is 11.3 Å². The monoisotopic (exact) mass is 686 g/mol. The van der Waals surface area contributed by atoms with Gasteiger partial charge in [0.05, 0.1) is 12.7 Å². The third kappa shape index (κ3) is 4.87. The fourth-order valence-electron chi connectivity index (χ4n) is 3.13. The Morgan fingerprint density at radius 1 is 0.595 bits per heavy atom. The van der Waals surface area contributed by atoms with Crippen molar-refractivity contribution in [2.45, 2.75) is 72.0 Å². The molecule has 2 rings (SSSR count). The molecule has 1 aliphatic heterocycles. The second-order valence-corrected chi connectivity index (χ2v) is 9.42. The SMILES string of the molecule is FC(F)(F)C(F)(F)C(F)(F)C(F)(F)C(F)(F)C(F)(F)C(F)(F)C(F)(F)C(F)(F)C(F)(F)CC1COB(c2cccs2)O1. The Hall–Kier alpha value is -1.79. The topological polar surface area (TPSA) is 18.5 Å². The molecule has 2 heterocycles. The first kappa shape index (κ1) is 36.4. The van der Waals surface area contributed by atoms with Crippen LogP contribution in [-0.4, -0.2) is 79.3 Å². The lowest BCUT2D eigenvalue weighted by molar-refractivity contribution is -0.474. The summed E-state index contributed by atoms with van der Waals surface area (Å²) in [5, 5.41) is 1.32. The molecule has 0 radical (unpaired) electrons. The third-order valence-corrected chi connectivity index (χ3v) is 6.48. The van der Waals surface area contributed by atoms with Crippen LogP contribution in [0.3, 0.4) is 0 Å². The summed E-state index contributed by atoms with van der Waals surface area (Å²) in [6.07, 6.45) is -13.3. The molecule has 0 aromatic carbocycles. The maximum absolute atomic E-state index is 14.1. The highest BCUT2D eigenvalue weighted by molar-refractivity contribution is 7.20. The van der Waals surface area contributed by atoms with Gasteiger partial charge in [-0.15, -0.1) is 0 Å². The Balaban J connectivity index is 2.49. The molecule has 1 unspecified atom stereocenters. The van der Waals surface area contributed by atoms with Crippen LogP contribution >= 0.6 is 11.3 Å². The molecule has 1 atom stereocenters. The molecule has 0 spiro atoms. The van der Waals surface area contributed by atoms with Gasteiger partial charge >= 0.3 is 66.6 Å². The van der Waals surface area contributed by atoms with E-state index in [1.54, 1.807) is 0 Å². The maximum Gasteiger partial charge on any atom is 0.504 e. The number of rotatable bonds is 11. The molecule has 0 amide bonds. The van der Waals surface area contributed by atoms with Gasteiger partial charge in [-0.05, 0) is 5.38 Å². The highest BCUT2D eigenvalue weighted by Gasteiger charge is 2.97. The summed E-state index contributed by atoms with van der Waals surface area (Å²) >= 11 is 0.782. The van der Waals surface area contributed by atoms with Crippen LogP contribution in [0, 0.1) is 0 Å². The lowest BCUT2D eigenvalue weighted by Gasteiger charge is -2.44. The molecule has 1 fully saturated rings. The van der Waals surface area contributed by atoms with Gasteiger partial charge < -0.3 is 9.31 Å². The van der Waals surface area contributed by atoms with Gasteiger partial charge in [-0.1, -0.05) is 12.1 Å². The van der Waals surface area contributed by atoms with Crippen molar-refractivity contribution in [3.05, 3.63) is 17.5 Å². The predicted molar refractivity (Wildman–Crippen MR) is 95.7 cm³/mol. The molecule has 0 bridgehead atoms. The van der Waals surface area contributed by atoms with Gasteiger partial charge in [0.2, 0.25) is 0 Å². The first-order valence-corrected chi connectivity index (χ1v) is 10.9. The average Bonchev–Trinajstić information content (AvgIpc) is 3.49. The largest absolute Gasteiger partial charge is 0.504 e. The minimum absolute atomic E-state index is 0.0279. The molecular weight excluding hydrogens is 678 g/mol. The lowest BCUT2D eigenvalue weighted by atomic mass is 9.85. The Morgan fingerprint density at radius 2 is 0.976 bits per heavy atom. The zero-order valence-corrected chi connectivity index (χ0v) is 19.8. The standard InChI is InChI=1S/C17H8BF21O2S/c19-8(20,4-6-5-40-18(41-6)7-2-1-3-42-7)9(21,22)10(23,24)11(25,26)12(27,28)13(29,30)14(31,32)15(33,34)16(35,36)17(37,38)39/h1-3,6H,4-5H2. The normalized spacial score (nSPS) is 19.5. The van der Waals surface area contributed by atoms with Crippen molar-refractivity contribution in [2.75, 3.05) is 6.61 Å². The molecule has 1 aromatic heterocycles. The molecule has 2 nitrogen and oxygen atoms in total. The van der Waals surface area contributed by atoms with E-state index in [-0.39, 0.29) is 4.78 Å². The minimum atomic E-state index is -9.19. The summed E-state index contributed by atoms with van der Waals surface area (Å²) in [6.45, 7) is -1.20. The van der Waals surface area contributed by atoms with E-state index in [4.69, 9.17) is 4.65 Å². The van der Waals surface area contributed by atoms with Gasteiger partial charge in [0.1, 0.15) is 0 Å². The van der Waals surface area contributed by atoms with Crippen molar-refractivity contribution in [2.24, 2.45) is 0 Å². The summed E-state index contributed by atoms with van der Waals surface area (Å²) in [5.41, 5.74) is 0. The van der Waals surface area contributed by atoms with Crippen LogP contribution in [0.2, 0.25) is 0 Å². The molecule has 0 aliphatic carbocycles. The Bertz CT molecular complexity index is 1100. The molecule has 1 aromatic rings. The van der Waals surface area contributed by atoms with E-state index < -0.39 is 85.7 Å². The fourth-order valence-corrected chi connectivity index (χ4v) is 3.84. The fraction of sp³-hybridized carbons (Fsp3) is 0.765. The Labute approximate surface area is 221 Å². The summed E-state index contributed by atoms with van der Waals surface area (Å²) < 4.78 is 291. The smallest absolute Gasteiger partial charge is 0.404 e. The van der Waals surface area contributed by atoms with Crippen LogP contribution < -0.4 is 4.78 Å². The second-order valence-electron chi connectivity index (χ2n) is 8.44. The van der Waals surface area contributed by atoms with Crippen LogP contribution in [-0.2, 0) is 9.31 Å². The summed E-state index contributed by atoms with van der Waals surface area (Å²) in [4.78, 5) is 0. The number of hydrogen-bond donors (Lipinski definition) is 0. The highest BCUT2D eigenvalue weighted by atomic mass is 32.1. The lowest BCUT2D eigenvalue weighted by Crippen LogP contribution is -2.76. The maximum atomic E-state index is 14.1. The molecule has 1 aliphatic rings. The Kier molecular flexibility index (Phi) is 8.77. The summed E-state index contributed by atoms with van der Waals surface area (Å²) in [7, 11) is -1.65. The van der Waals surface area contributed by atoms with Crippen molar-refractivity contribution < 1.29 is 102 Å². The van der Waals surface area contributed by atoms with Gasteiger partial charge in [0.15, 0.2) is 0 Å². The van der Waals surface area contributed by atoms with E-state index in [1.807, 2.05) is 0 Å². The zero-order chi connectivity index (χ0) is 33.4. The molecule has 0 N–H and O–H groups in total. The number of halogens is 21. The van der Waals surface area contributed by atoms with E-state index in [1.165, 1.54) is 17.5 Å². The third-order valence-electron chi connectivity index (χ3n) is 5.58. The van der Waals surface area contributed by atoms with Crippen molar-refractivity contribution in [3.8, 4) is 0 Å². The van der Waals surface area contributed by atoms with Crippen molar-refractivity contribution in [1.29, 1.82) is 0 Å². The van der Waals surface area contributed by atoms with Crippen LogP contribution in [0.4, 0.5) is 92.2 Å². The van der Waals surface area contributed by atoms with Crippen LogP contribution in [0.15, 0.2) is 17.5 Å². The van der Waals surface area contributed by atoms with Crippen molar-refractivity contribution in [1.82, 2.24) is 0 Å². The molecule has 25 heteroatoms. The molecule has 0 saturated carbocycles. The van der Waals surface area contributed by atoms with Crippen LogP contribution in [0.1, 0.15) is 6.42 Å². The van der Waals surface area contributed by atoms with E-state index in [9.17, 15) is 92.2 Å². The number of alkyl halides is 21. The minimum Gasteiger partial charge on any atom is -0.404 e.